The zero-order chi connectivity index (χ0) is 25.1. The minimum atomic E-state index is -4.62. The monoisotopic (exact) mass is 519 g/mol. The highest BCUT2D eigenvalue weighted by atomic mass is 32.2. The van der Waals surface area contributed by atoms with Crippen LogP contribution in [0.2, 0.25) is 0 Å². The molecule has 17 heteroatoms. The van der Waals surface area contributed by atoms with E-state index in [4.69, 9.17) is 16.6 Å². The fraction of sp³-hybridized carbons (Fsp3) is 0.588. The van der Waals surface area contributed by atoms with Gasteiger partial charge in [-0.2, -0.15) is 5.21 Å². The average molecular weight is 520 g/mol. The van der Waals surface area contributed by atoms with E-state index in [1.807, 2.05) is 4.90 Å². The van der Waals surface area contributed by atoms with E-state index in [1.54, 1.807) is 0 Å². The van der Waals surface area contributed by atoms with Gasteiger partial charge in [-0.05, 0) is 36.1 Å². The first-order valence-electron chi connectivity index (χ1n) is 10.4. The largest absolute Gasteiger partial charge is 0.392 e. The Morgan fingerprint density at radius 2 is 1.82 bits per heavy atom. The number of primary sulfonamides is 1. The number of hydrogen-bond acceptors (Lipinski definition) is 12. The highest BCUT2D eigenvalue weighted by Gasteiger charge is 2.34. The van der Waals surface area contributed by atoms with Gasteiger partial charge in [-0.15, -0.1) is 10.2 Å². The van der Waals surface area contributed by atoms with Crippen LogP contribution < -0.4 is 26.2 Å². The smallest absolute Gasteiger partial charge is 0.242 e. The maximum Gasteiger partial charge on any atom is 0.242 e. The van der Waals surface area contributed by atoms with Gasteiger partial charge in [0, 0.05) is 38.4 Å². The third-order valence-corrected chi connectivity index (χ3v) is 8.28. The molecule has 2 aromatic rings. The molecule has 1 aromatic carbocycles. The molecule has 1 aliphatic heterocycles. The maximum atomic E-state index is 13.0. The van der Waals surface area contributed by atoms with Crippen molar-refractivity contribution in [2.75, 3.05) is 37.6 Å². The van der Waals surface area contributed by atoms with Crippen molar-refractivity contribution in [1.82, 2.24) is 25.3 Å². The molecule has 1 aliphatic rings. The van der Waals surface area contributed by atoms with Crippen molar-refractivity contribution in [3.05, 3.63) is 12.1 Å². The molecule has 1 saturated heterocycles. The molecule has 190 valence electrons. The quantitative estimate of drug-likeness (QED) is 0.162. The van der Waals surface area contributed by atoms with E-state index in [1.165, 1.54) is 6.07 Å². The number of piperidine rings is 1. The predicted molar refractivity (Wildman–Crippen MR) is 121 cm³/mol. The highest BCUT2D eigenvalue weighted by Crippen LogP contribution is 2.39. The summed E-state index contributed by atoms with van der Waals surface area (Å²) in [4.78, 5) is 0.503. The molecule has 15 nitrogen and oxygen atoms in total. The summed E-state index contributed by atoms with van der Waals surface area (Å²) in [6.45, 7) is 0.367. The van der Waals surface area contributed by atoms with Gasteiger partial charge in [-0.25, -0.2) is 26.7 Å². The number of aliphatic hydroxyl groups is 2. The van der Waals surface area contributed by atoms with Gasteiger partial charge in [-0.3, -0.25) is 0 Å². The van der Waals surface area contributed by atoms with Crippen molar-refractivity contribution in [3.8, 4) is 11.4 Å². The number of benzene rings is 1. The number of aromatic nitrogens is 4. The van der Waals surface area contributed by atoms with Gasteiger partial charge in [0.05, 0.1) is 17.8 Å². The van der Waals surface area contributed by atoms with Crippen molar-refractivity contribution >= 4 is 25.7 Å². The summed E-state index contributed by atoms with van der Waals surface area (Å²) in [5, 5.41) is 38.6. The van der Waals surface area contributed by atoms with E-state index in [9.17, 15) is 27.0 Å². The van der Waals surface area contributed by atoms with Crippen LogP contribution in [0.3, 0.4) is 0 Å². The SMILES string of the molecule is NCC(O)C1CCN(c2ccc(S(=O)(=O)NC[C@H](O)CN)c(S(N)(=O)=O)c2-c2nn[nH]n2)CC1. The van der Waals surface area contributed by atoms with E-state index in [0.717, 1.165) is 6.07 Å². The Morgan fingerprint density at radius 3 is 2.35 bits per heavy atom. The second kappa shape index (κ2) is 10.6. The topological polar surface area (TPSA) is 257 Å². The number of H-pyrrole nitrogens is 1. The Kier molecular flexibility index (Phi) is 8.19. The molecule has 0 saturated carbocycles. The molecule has 0 amide bonds. The van der Waals surface area contributed by atoms with Crippen molar-refractivity contribution in [3.63, 3.8) is 0 Å². The van der Waals surface area contributed by atoms with E-state index in [2.05, 4.69) is 25.3 Å². The minimum Gasteiger partial charge on any atom is -0.392 e. The summed E-state index contributed by atoms with van der Waals surface area (Å²) >= 11 is 0. The Morgan fingerprint density at radius 1 is 1.15 bits per heavy atom. The average Bonchev–Trinajstić information content (AvgIpc) is 3.35. The van der Waals surface area contributed by atoms with Gasteiger partial charge in [0.15, 0.2) is 0 Å². The highest BCUT2D eigenvalue weighted by molar-refractivity contribution is 7.92. The number of nitrogens with two attached hydrogens (primary N) is 3. The Balaban J connectivity index is 2.13. The molecule has 1 unspecified atom stereocenters. The van der Waals surface area contributed by atoms with E-state index in [0.29, 0.717) is 31.6 Å². The van der Waals surface area contributed by atoms with Crippen LogP contribution >= 0.6 is 0 Å². The molecular weight excluding hydrogens is 490 g/mol. The van der Waals surface area contributed by atoms with Crippen molar-refractivity contribution in [2.24, 2.45) is 22.5 Å². The number of nitrogens with one attached hydrogen (secondary N) is 2. The summed E-state index contributed by atoms with van der Waals surface area (Å²) in [6, 6.07) is 2.56. The molecule has 0 radical (unpaired) electrons. The van der Waals surface area contributed by atoms with Gasteiger partial charge in [0.2, 0.25) is 25.9 Å². The summed E-state index contributed by atoms with van der Waals surface area (Å²) < 4.78 is 53.5. The molecule has 34 heavy (non-hydrogen) atoms. The standard InChI is InChI=1S/C17H29N9O6S2/c18-7-11(27)9-21-34(31,32)14-2-1-12(26-5-3-10(4-6-26)13(28)8-19)15(16(14)33(20,29)30)17-22-24-25-23-17/h1-2,10-11,13,21,27-28H,3-9,18-19H2,(H2,20,29,30)(H,22,23,24,25)/t11-,13?/m1/s1. The summed E-state index contributed by atoms with van der Waals surface area (Å²) in [5.41, 5.74) is 11.1. The Labute approximate surface area is 196 Å². The fourth-order valence-electron chi connectivity index (χ4n) is 3.88. The lowest BCUT2D eigenvalue weighted by Gasteiger charge is -2.36. The molecule has 1 aromatic heterocycles. The number of anilines is 1. The minimum absolute atomic E-state index is 0.0228. The molecule has 3 rings (SSSR count). The number of nitrogens with zero attached hydrogens (tertiary/aromatic N) is 4. The molecule has 0 spiro atoms. The number of hydrogen-bond donors (Lipinski definition) is 7. The van der Waals surface area contributed by atoms with E-state index < -0.39 is 48.6 Å². The van der Waals surface area contributed by atoms with Crippen molar-refractivity contribution < 1.29 is 27.0 Å². The van der Waals surface area contributed by atoms with Crippen LogP contribution in [-0.4, -0.2) is 92.6 Å². The first kappa shape index (κ1) is 26.4. The zero-order valence-corrected chi connectivity index (χ0v) is 19.8. The van der Waals surface area contributed by atoms with Gasteiger partial charge < -0.3 is 26.6 Å². The molecule has 1 fully saturated rings. The maximum absolute atomic E-state index is 13.0. The first-order chi connectivity index (χ1) is 16.0. The third-order valence-electron chi connectivity index (χ3n) is 5.69. The van der Waals surface area contributed by atoms with Gasteiger partial charge in [-0.1, -0.05) is 0 Å². The second-order valence-electron chi connectivity index (χ2n) is 7.94. The zero-order valence-electron chi connectivity index (χ0n) is 18.2. The lowest BCUT2D eigenvalue weighted by molar-refractivity contribution is 0.100. The van der Waals surface area contributed by atoms with Gasteiger partial charge in [0.25, 0.3) is 0 Å². The second-order valence-corrected chi connectivity index (χ2v) is 11.2. The lowest BCUT2D eigenvalue weighted by Crippen LogP contribution is -2.40. The fourth-order valence-corrected chi connectivity index (χ4v) is 6.55. The number of tetrazole rings is 1. The molecule has 2 atom stereocenters. The normalized spacial score (nSPS) is 17.6. The molecule has 0 bridgehead atoms. The van der Waals surface area contributed by atoms with Crippen LogP contribution in [0, 0.1) is 5.92 Å². The molecule has 0 aliphatic carbocycles. The van der Waals surface area contributed by atoms with Crippen LogP contribution in [0.5, 0.6) is 0 Å². The molecule has 2 heterocycles. The Bertz CT molecular complexity index is 1180. The number of rotatable bonds is 10. The number of sulfonamides is 2. The first-order valence-corrected chi connectivity index (χ1v) is 13.5. The summed E-state index contributed by atoms with van der Waals surface area (Å²) in [7, 11) is -9.06. The number of aliphatic hydroxyl groups excluding tert-OH is 2. The van der Waals surface area contributed by atoms with E-state index >= 15 is 0 Å². The van der Waals surface area contributed by atoms with Gasteiger partial charge >= 0.3 is 0 Å². The number of aromatic amines is 1. The van der Waals surface area contributed by atoms with E-state index in [-0.39, 0.29) is 30.4 Å². The van der Waals surface area contributed by atoms with Crippen LogP contribution in [0.15, 0.2) is 21.9 Å². The summed E-state index contributed by atoms with van der Waals surface area (Å²) in [5.74, 6) is -0.187. The van der Waals surface area contributed by atoms with Crippen LogP contribution in [0.25, 0.3) is 11.4 Å². The summed E-state index contributed by atoms with van der Waals surface area (Å²) in [6.07, 6.45) is -0.671. The van der Waals surface area contributed by atoms with Crippen molar-refractivity contribution in [2.45, 2.75) is 34.8 Å². The Hall–Kier alpha value is -2.25. The van der Waals surface area contributed by atoms with Crippen LogP contribution in [0.4, 0.5) is 5.69 Å². The third kappa shape index (κ3) is 5.69. The van der Waals surface area contributed by atoms with Crippen LogP contribution in [-0.2, 0) is 20.0 Å². The predicted octanol–water partition coefficient (Wildman–Crippen LogP) is -3.35. The molecular formula is C17H29N9O6S2. The van der Waals surface area contributed by atoms with Crippen molar-refractivity contribution in [1.29, 1.82) is 0 Å². The van der Waals surface area contributed by atoms with Gasteiger partial charge in [0.1, 0.15) is 9.79 Å². The lowest BCUT2D eigenvalue weighted by atomic mass is 9.90. The molecule has 10 N–H and O–H groups in total. The van der Waals surface area contributed by atoms with Crippen LogP contribution in [0.1, 0.15) is 12.8 Å².